The van der Waals surface area contributed by atoms with Crippen LogP contribution in [0.2, 0.25) is 0 Å². The summed E-state index contributed by atoms with van der Waals surface area (Å²) in [5.41, 5.74) is -0.323. The third kappa shape index (κ3) is 10.5. The fourth-order valence-corrected chi connectivity index (χ4v) is 1.21. The molecule has 0 heterocycles. The fraction of sp³-hybridized carbons (Fsp3) is 0.929. The maximum atomic E-state index is 11.8. The van der Waals surface area contributed by atoms with Crippen molar-refractivity contribution >= 4 is 5.91 Å². The van der Waals surface area contributed by atoms with Gasteiger partial charge in [0.15, 0.2) is 0 Å². The van der Waals surface area contributed by atoms with Crippen LogP contribution in [0.1, 0.15) is 48.5 Å². The smallest absolute Gasteiger partial charge is 0.225 e. The molecule has 0 bridgehead atoms. The Labute approximate surface area is 113 Å². The molecule has 18 heavy (non-hydrogen) atoms. The van der Waals surface area contributed by atoms with E-state index >= 15 is 0 Å². The van der Waals surface area contributed by atoms with Gasteiger partial charge >= 0.3 is 0 Å². The molecule has 0 aromatic rings. The van der Waals surface area contributed by atoms with E-state index in [9.17, 15) is 4.79 Å². The second kappa shape index (κ2) is 11.5. The first-order chi connectivity index (χ1) is 8.41. The molecule has 0 aliphatic heterocycles. The lowest BCUT2D eigenvalue weighted by Gasteiger charge is -2.24. The molecule has 0 aliphatic carbocycles. The van der Waals surface area contributed by atoms with Gasteiger partial charge in [-0.25, -0.2) is 0 Å². The number of likely N-dealkylation sites (N-methyl/N-ethyl adjacent to an activating group) is 2. The monoisotopic (exact) mass is 259 g/mol. The third-order valence-corrected chi connectivity index (χ3v) is 2.30. The molecule has 0 rings (SSSR count). The van der Waals surface area contributed by atoms with Crippen molar-refractivity contribution in [3.05, 3.63) is 0 Å². The summed E-state index contributed by atoms with van der Waals surface area (Å²) in [6, 6.07) is 0.159. The van der Waals surface area contributed by atoms with E-state index in [1.807, 2.05) is 34.6 Å². The van der Waals surface area contributed by atoms with Gasteiger partial charge in [0, 0.05) is 18.5 Å². The van der Waals surface area contributed by atoms with Gasteiger partial charge in [0.2, 0.25) is 5.91 Å². The predicted octanol–water partition coefficient (Wildman–Crippen LogP) is 1.76. The minimum Gasteiger partial charge on any atom is -0.350 e. The number of carbonyl (C=O) groups is 1. The molecule has 0 fully saturated rings. The van der Waals surface area contributed by atoms with Crippen molar-refractivity contribution in [2.45, 2.75) is 54.5 Å². The Bertz CT molecular complexity index is 192. The zero-order chi connectivity index (χ0) is 14.6. The maximum absolute atomic E-state index is 11.8. The summed E-state index contributed by atoms with van der Waals surface area (Å²) in [5.74, 6) is 0.105. The van der Waals surface area contributed by atoms with E-state index in [1.54, 1.807) is 0 Å². The SMILES string of the molecule is CC.CCNCC(CNCC)NC(=O)C(C)(C)C. The van der Waals surface area contributed by atoms with E-state index in [0.29, 0.717) is 0 Å². The van der Waals surface area contributed by atoms with Crippen LogP contribution in [0.5, 0.6) is 0 Å². The topological polar surface area (TPSA) is 53.2 Å². The Balaban J connectivity index is 0. The quantitative estimate of drug-likeness (QED) is 0.653. The zero-order valence-electron chi connectivity index (χ0n) is 13.3. The van der Waals surface area contributed by atoms with Crippen molar-refractivity contribution in [3.63, 3.8) is 0 Å². The highest BCUT2D eigenvalue weighted by atomic mass is 16.2. The maximum Gasteiger partial charge on any atom is 0.225 e. The van der Waals surface area contributed by atoms with Crippen molar-refractivity contribution in [1.82, 2.24) is 16.0 Å². The molecule has 0 unspecified atom stereocenters. The molecular weight excluding hydrogens is 226 g/mol. The lowest BCUT2D eigenvalue weighted by Crippen LogP contribution is -2.50. The highest BCUT2D eigenvalue weighted by molar-refractivity contribution is 5.81. The van der Waals surface area contributed by atoms with Gasteiger partial charge in [-0.1, -0.05) is 48.5 Å². The highest BCUT2D eigenvalue weighted by Gasteiger charge is 2.23. The Morgan fingerprint density at radius 2 is 1.39 bits per heavy atom. The second-order valence-electron chi connectivity index (χ2n) is 5.04. The molecule has 110 valence electrons. The molecule has 0 saturated carbocycles. The van der Waals surface area contributed by atoms with Crippen molar-refractivity contribution in [2.24, 2.45) is 5.41 Å². The van der Waals surface area contributed by atoms with Crippen LogP contribution in [0.25, 0.3) is 0 Å². The van der Waals surface area contributed by atoms with E-state index in [4.69, 9.17) is 0 Å². The first-order valence-electron chi connectivity index (χ1n) is 7.14. The highest BCUT2D eigenvalue weighted by Crippen LogP contribution is 2.12. The number of rotatable bonds is 7. The Morgan fingerprint density at radius 3 is 1.67 bits per heavy atom. The normalized spacial score (nSPS) is 10.9. The number of nitrogens with one attached hydrogen (secondary N) is 3. The molecule has 0 atom stereocenters. The van der Waals surface area contributed by atoms with Crippen molar-refractivity contribution in [1.29, 1.82) is 0 Å². The van der Waals surface area contributed by atoms with E-state index in [2.05, 4.69) is 29.8 Å². The average Bonchev–Trinajstić information content (AvgIpc) is 2.33. The standard InChI is InChI=1S/C12H27N3O.C2H6/c1-6-13-8-10(9-14-7-2)15-11(16)12(3,4)5;1-2/h10,13-14H,6-9H2,1-5H3,(H,15,16);1-2H3. The summed E-state index contributed by atoms with van der Waals surface area (Å²) in [6.07, 6.45) is 0. The lowest BCUT2D eigenvalue weighted by molar-refractivity contribution is -0.129. The largest absolute Gasteiger partial charge is 0.350 e. The molecule has 4 nitrogen and oxygen atoms in total. The number of amides is 1. The summed E-state index contributed by atoms with van der Waals surface area (Å²) >= 11 is 0. The molecule has 0 aromatic heterocycles. The first-order valence-corrected chi connectivity index (χ1v) is 7.14. The molecule has 4 heteroatoms. The summed E-state index contributed by atoms with van der Waals surface area (Å²) in [4.78, 5) is 11.8. The van der Waals surface area contributed by atoms with Gasteiger partial charge in [-0.3, -0.25) is 4.79 Å². The lowest BCUT2D eigenvalue weighted by atomic mass is 9.95. The Hall–Kier alpha value is -0.610. The van der Waals surface area contributed by atoms with Gasteiger partial charge in [0.25, 0.3) is 0 Å². The zero-order valence-corrected chi connectivity index (χ0v) is 13.3. The first kappa shape index (κ1) is 19.7. The van der Waals surface area contributed by atoms with Gasteiger partial charge in [0.05, 0.1) is 6.04 Å². The van der Waals surface area contributed by atoms with Crippen LogP contribution in [0.3, 0.4) is 0 Å². The van der Waals surface area contributed by atoms with Crippen LogP contribution < -0.4 is 16.0 Å². The number of hydrogen-bond acceptors (Lipinski definition) is 3. The van der Waals surface area contributed by atoms with Crippen molar-refractivity contribution < 1.29 is 4.79 Å². The van der Waals surface area contributed by atoms with E-state index < -0.39 is 0 Å². The fourth-order valence-electron chi connectivity index (χ4n) is 1.21. The second-order valence-corrected chi connectivity index (χ2v) is 5.04. The molecule has 3 N–H and O–H groups in total. The van der Waals surface area contributed by atoms with Crippen LogP contribution in [-0.2, 0) is 4.79 Å². The van der Waals surface area contributed by atoms with Gasteiger partial charge in [-0.15, -0.1) is 0 Å². The summed E-state index contributed by atoms with van der Waals surface area (Å²) in [5, 5.41) is 9.58. The summed E-state index contributed by atoms with van der Waals surface area (Å²) in [6.45, 7) is 17.4. The molecule has 0 aliphatic rings. The van der Waals surface area contributed by atoms with E-state index in [0.717, 1.165) is 26.2 Å². The van der Waals surface area contributed by atoms with Crippen LogP contribution in [-0.4, -0.2) is 38.1 Å². The van der Waals surface area contributed by atoms with Gasteiger partial charge in [-0.05, 0) is 13.1 Å². The molecule has 0 radical (unpaired) electrons. The molecule has 1 amide bonds. The van der Waals surface area contributed by atoms with Crippen LogP contribution in [0, 0.1) is 5.41 Å². The molecular formula is C14H33N3O. The Morgan fingerprint density at radius 1 is 1.00 bits per heavy atom. The van der Waals surface area contributed by atoms with Crippen molar-refractivity contribution in [3.8, 4) is 0 Å². The molecule has 0 aromatic carbocycles. The van der Waals surface area contributed by atoms with Gasteiger partial charge in [-0.2, -0.15) is 0 Å². The van der Waals surface area contributed by atoms with Gasteiger partial charge < -0.3 is 16.0 Å². The predicted molar refractivity (Wildman–Crippen MR) is 79.8 cm³/mol. The molecule has 0 spiro atoms. The Kier molecular flexibility index (Phi) is 12.6. The van der Waals surface area contributed by atoms with Crippen LogP contribution >= 0.6 is 0 Å². The summed E-state index contributed by atoms with van der Waals surface area (Å²) in [7, 11) is 0. The minimum absolute atomic E-state index is 0.105. The number of carbonyl (C=O) groups excluding carboxylic acids is 1. The molecule has 0 saturated heterocycles. The average molecular weight is 259 g/mol. The third-order valence-electron chi connectivity index (χ3n) is 2.30. The number of hydrogen-bond donors (Lipinski definition) is 3. The van der Waals surface area contributed by atoms with Crippen LogP contribution in [0.4, 0.5) is 0 Å². The van der Waals surface area contributed by atoms with Crippen LogP contribution in [0.15, 0.2) is 0 Å². The van der Waals surface area contributed by atoms with Crippen molar-refractivity contribution in [2.75, 3.05) is 26.2 Å². The van der Waals surface area contributed by atoms with E-state index in [-0.39, 0.29) is 17.4 Å². The van der Waals surface area contributed by atoms with Gasteiger partial charge in [0.1, 0.15) is 0 Å². The van der Waals surface area contributed by atoms with E-state index in [1.165, 1.54) is 0 Å². The summed E-state index contributed by atoms with van der Waals surface area (Å²) < 4.78 is 0. The minimum atomic E-state index is -0.323.